The van der Waals surface area contributed by atoms with Crippen molar-refractivity contribution in [3.05, 3.63) is 29.3 Å². The molecule has 0 aliphatic heterocycles. The van der Waals surface area contributed by atoms with E-state index >= 15 is 0 Å². The Morgan fingerprint density at radius 2 is 2.16 bits per heavy atom. The maximum atomic E-state index is 12.4. The molecule has 1 atom stereocenters. The summed E-state index contributed by atoms with van der Waals surface area (Å²) in [5.41, 5.74) is 8.38. The molecule has 1 fully saturated rings. The van der Waals surface area contributed by atoms with Gasteiger partial charge in [0.15, 0.2) is 0 Å². The Labute approximate surface area is 115 Å². The summed E-state index contributed by atoms with van der Waals surface area (Å²) in [5, 5.41) is 3.15. The predicted molar refractivity (Wildman–Crippen MR) is 79.1 cm³/mol. The van der Waals surface area contributed by atoms with Crippen molar-refractivity contribution >= 4 is 11.6 Å². The number of aryl methyl sites for hydroxylation is 1. The van der Waals surface area contributed by atoms with Crippen molar-refractivity contribution in [1.82, 2.24) is 5.32 Å². The van der Waals surface area contributed by atoms with Gasteiger partial charge in [0, 0.05) is 11.7 Å². The average molecular weight is 260 g/mol. The highest BCUT2D eigenvalue weighted by atomic mass is 16.1. The lowest BCUT2D eigenvalue weighted by molar-refractivity contribution is 0.0903. The minimum atomic E-state index is -0.0294. The normalized spacial score (nSPS) is 21.9. The minimum Gasteiger partial charge on any atom is -0.398 e. The first-order valence-corrected chi connectivity index (χ1v) is 7.05. The maximum Gasteiger partial charge on any atom is 0.253 e. The molecule has 0 saturated heterocycles. The number of hydrogen-bond donors (Lipinski definition) is 2. The zero-order chi connectivity index (χ0) is 14.0. The van der Waals surface area contributed by atoms with Crippen LogP contribution < -0.4 is 11.1 Å². The van der Waals surface area contributed by atoms with E-state index in [1.165, 1.54) is 12.8 Å². The number of nitrogens with one attached hydrogen (secondary N) is 1. The molecule has 3 heteroatoms. The second-order valence-electron chi connectivity index (χ2n) is 6.47. The van der Waals surface area contributed by atoms with Crippen molar-refractivity contribution in [1.29, 1.82) is 0 Å². The summed E-state index contributed by atoms with van der Waals surface area (Å²) in [4.78, 5) is 12.4. The Balaban J connectivity index is 2.09. The van der Waals surface area contributed by atoms with Gasteiger partial charge >= 0.3 is 0 Å². The number of anilines is 1. The van der Waals surface area contributed by atoms with Crippen LogP contribution >= 0.6 is 0 Å². The van der Waals surface area contributed by atoms with E-state index in [0.29, 0.717) is 16.7 Å². The van der Waals surface area contributed by atoms with Crippen LogP contribution in [-0.2, 0) is 0 Å². The molecule has 0 radical (unpaired) electrons. The third-order valence-electron chi connectivity index (χ3n) is 4.07. The van der Waals surface area contributed by atoms with Crippen LogP contribution in [0.1, 0.15) is 55.5 Å². The number of benzene rings is 1. The first kappa shape index (κ1) is 13.9. The summed E-state index contributed by atoms with van der Waals surface area (Å²) in [6, 6.07) is 5.86. The molecule has 1 aliphatic rings. The molecule has 1 saturated carbocycles. The van der Waals surface area contributed by atoms with E-state index in [0.717, 1.165) is 18.4 Å². The number of carbonyl (C=O) groups excluding carboxylic acids is 1. The fourth-order valence-electron chi connectivity index (χ4n) is 3.08. The van der Waals surface area contributed by atoms with Gasteiger partial charge in [-0.05, 0) is 43.2 Å². The molecular formula is C16H24N2O. The molecule has 1 aliphatic carbocycles. The summed E-state index contributed by atoms with van der Waals surface area (Å²) in [6.45, 7) is 6.47. The second kappa shape index (κ2) is 5.24. The number of amides is 1. The van der Waals surface area contributed by atoms with E-state index in [9.17, 15) is 4.79 Å². The lowest BCUT2D eigenvalue weighted by Crippen LogP contribution is -2.41. The highest BCUT2D eigenvalue weighted by Crippen LogP contribution is 2.35. The Bertz CT molecular complexity index is 459. The van der Waals surface area contributed by atoms with Crippen LogP contribution in [0.15, 0.2) is 18.2 Å². The predicted octanol–water partition coefficient (Wildman–Crippen LogP) is 3.28. The Morgan fingerprint density at radius 1 is 1.42 bits per heavy atom. The summed E-state index contributed by atoms with van der Waals surface area (Å²) in [5.74, 6) is -0.0294. The number of nitrogens with two attached hydrogens (primary N) is 1. The SMILES string of the molecule is Cc1cccc(N)c1C(=O)NC1CCCC(C)(C)C1. The van der Waals surface area contributed by atoms with Crippen molar-refractivity contribution in [2.45, 2.75) is 52.5 Å². The van der Waals surface area contributed by atoms with Gasteiger partial charge in [-0.15, -0.1) is 0 Å². The van der Waals surface area contributed by atoms with Crippen LogP contribution in [0.5, 0.6) is 0 Å². The van der Waals surface area contributed by atoms with Crippen LogP contribution in [0.2, 0.25) is 0 Å². The summed E-state index contributed by atoms with van der Waals surface area (Å²) >= 11 is 0. The minimum absolute atomic E-state index is 0.0294. The molecule has 1 aromatic carbocycles. The summed E-state index contributed by atoms with van der Waals surface area (Å²) in [6.07, 6.45) is 4.54. The van der Waals surface area contributed by atoms with Gasteiger partial charge in [0.1, 0.15) is 0 Å². The standard InChI is InChI=1S/C16H24N2O/c1-11-6-4-8-13(17)14(11)15(19)18-12-7-5-9-16(2,3)10-12/h4,6,8,12H,5,7,9-10,17H2,1-3H3,(H,18,19). The van der Waals surface area contributed by atoms with Crippen molar-refractivity contribution < 1.29 is 4.79 Å². The molecule has 0 aromatic heterocycles. The van der Waals surface area contributed by atoms with E-state index in [-0.39, 0.29) is 11.9 Å². The van der Waals surface area contributed by atoms with Gasteiger partial charge in [-0.2, -0.15) is 0 Å². The van der Waals surface area contributed by atoms with Crippen molar-refractivity contribution in [3.8, 4) is 0 Å². The van der Waals surface area contributed by atoms with E-state index in [1.807, 2.05) is 19.1 Å². The van der Waals surface area contributed by atoms with Crippen molar-refractivity contribution in [2.75, 3.05) is 5.73 Å². The third-order valence-corrected chi connectivity index (χ3v) is 4.07. The number of nitrogen functional groups attached to an aromatic ring is 1. The van der Waals surface area contributed by atoms with E-state index < -0.39 is 0 Å². The van der Waals surface area contributed by atoms with E-state index in [4.69, 9.17) is 5.73 Å². The molecule has 0 bridgehead atoms. The molecule has 1 amide bonds. The lowest BCUT2D eigenvalue weighted by Gasteiger charge is -2.35. The van der Waals surface area contributed by atoms with Gasteiger partial charge in [-0.1, -0.05) is 32.4 Å². The molecule has 0 heterocycles. The highest BCUT2D eigenvalue weighted by molar-refractivity contribution is 6.00. The molecular weight excluding hydrogens is 236 g/mol. The van der Waals surface area contributed by atoms with Gasteiger partial charge in [-0.25, -0.2) is 0 Å². The van der Waals surface area contributed by atoms with Crippen LogP contribution in [0.25, 0.3) is 0 Å². The van der Waals surface area contributed by atoms with E-state index in [2.05, 4.69) is 19.2 Å². The number of rotatable bonds is 2. The Hall–Kier alpha value is -1.51. The quantitative estimate of drug-likeness (QED) is 0.802. The van der Waals surface area contributed by atoms with Crippen LogP contribution in [-0.4, -0.2) is 11.9 Å². The molecule has 3 N–H and O–H groups in total. The Kier molecular flexibility index (Phi) is 3.83. The largest absolute Gasteiger partial charge is 0.398 e. The molecule has 2 rings (SSSR count). The maximum absolute atomic E-state index is 12.4. The third kappa shape index (κ3) is 3.28. The zero-order valence-corrected chi connectivity index (χ0v) is 12.1. The number of carbonyl (C=O) groups is 1. The van der Waals surface area contributed by atoms with E-state index in [1.54, 1.807) is 6.07 Å². The van der Waals surface area contributed by atoms with Crippen molar-refractivity contribution in [3.63, 3.8) is 0 Å². The van der Waals surface area contributed by atoms with Gasteiger partial charge < -0.3 is 11.1 Å². The summed E-state index contributed by atoms with van der Waals surface area (Å²) in [7, 11) is 0. The topological polar surface area (TPSA) is 55.1 Å². The summed E-state index contributed by atoms with van der Waals surface area (Å²) < 4.78 is 0. The number of hydrogen-bond acceptors (Lipinski definition) is 2. The molecule has 3 nitrogen and oxygen atoms in total. The smallest absolute Gasteiger partial charge is 0.253 e. The fraction of sp³-hybridized carbons (Fsp3) is 0.562. The lowest BCUT2D eigenvalue weighted by atomic mass is 9.75. The van der Waals surface area contributed by atoms with Crippen LogP contribution in [0.4, 0.5) is 5.69 Å². The fourth-order valence-corrected chi connectivity index (χ4v) is 3.08. The van der Waals surface area contributed by atoms with Crippen LogP contribution in [0.3, 0.4) is 0 Å². The molecule has 0 spiro atoms. The first-order chi connectivity index (χ1) is 8.89. The second-order valence-corrected chi connectivity index (χ2v) is 6.47. The average Bonchev–Trinajstić information content (AvgIpc) is 2.27. The zero-order valence-electron chi connectivity index (χ0n) is 12.1. The van der Waals surface area contributed by atoms with Crippen LogP contribution in [0, 0.1) is 12.3 Å². The molecule has 1 unspecified atom stereocenters. The van der Waals surface area contributed by atoms with Gasteiger partial charge in [0.05, 0.1) is 5.56 Å². The van der Waals surface area contributed by atoms with Gasteiger partial charge in [0.2, 0.25) is 0 Å². The monoisotopic (exact) mass is 260 g/mol. The van der Waals surface area contributed by atoms with Gasteiger partial charge in [0.25, 0.3) is 5.91 Å². The van der Waals surface area contributed by atoms with Gasteiger partial charge in [-0.3, -0.25) is 4.79 Å². The molecule has 19 heavy (non-hydrogen) atoms. The first-order valence-electron chi connectivity index (χ1n) is 7.05. The van der Waals surface area contributed by atoms with Crippen molar-refractivity contribution in [2.24, 2.45) is 5.41 Å². The Morgan fingerprint density at radius 3 is 2.79 bits per heavy atom. The molecule has 1 aromatic rings. The molecule has 104 valence electrons. The highest BCUT2D eigenvalue weighted by Gasteiger charge is 2.29.